The molecule has 2 heterocycles. The second kappa shape index (κ2) is 3.30. The Labute approximate surface area is 93.3 Å². The lowest BCUT2D eigenvalue weighted by Crippen LogP contribution is -2.03. The molecule has 0 aromatic carbocycles. The zero-order chi connectivity index (χ0) is 11.1. The number of hydrogen-bond acceptors (Lipinski definition) is 4. The fourth-order valence-corrected chi connectivity index (χ4v) is 2.11. The molecule has 2 N–H and O–H groups in total. The molecule has 5 nitrogen and oxygen atoms in total. The minimum Gasteiger partial charge on any atom is -0.383 e. The van der Waals surface area contributed by atoms with Crippen molar-refractivity contribution in [3.63, 3.8) is 0 Å². The summed E-state index contributed by atoms with van der Waals surface area (Å²) in [4.78, 5) is 8.85. The highest BCUT2D eigenvalue weighted by molar-refractivity contribution is 5.55. The number of aryl methyl sites for hydroxylation is 2. The zero-order valence-corrected chi connectivity index (χ0v) is 9.14. The Morgan fingerprint density at radius 3 is 2.94 bits per heavy atom. The number of nitrogen functional groups attached to an aromatic ring is 1. The summed E-state index contributed by atoms with van der Waals surface area (Å²) < 4.78 is 1.74. The first-order valence-electron chi connectivity index (χ1n) is 5.39. The van der Waals surface area contributed by atoms with Gasteiger partial charge in [-0.3, -0.25) is 4.68 Å². The Balaban J connectivity index is 2.12. The molecule has 0 spiro atoms. The predicted octanol–water partition coefficient (Wildman–Crippen LogP) is 0.948. The lowest BCUT2D eigenvalue weighted by Gasteiger charge is -2.04. The van der Waals surface area contributed by atoms with E-state index in [4.69, 9.17) is 5.73 Å². The number of fused-ring (bicyclic) bond motifs is 1. The fraction of sp³-hybridized carbons (Fsp3) is 0.364. The van der Waals surface area contributed by atoms with Gasteiger partial charge in [0, 0.05) is 24.5 Å². The van der Waals surface area contributed by atoms with Crippen molar-refractivity contribution in [2.45, 2.75) is 19.3 Å². The average Bonchev–Trinajstić information content (AvgIpc) is 2.85. The standard InChI is InChI=1S/C11H13N5/c1-16-6-5-9(15-16)11-13-8-4-2-3-7(8)10(12)14-11/h5-6H,2-4H2,1H3,(H2,12,13,14). The van der Waals surface area contributed by atoms with Crippen LogP contribution in [0.15, 0.2) is 12.3 Å². The van der Waals surface area contributed by atoms with Crippen LogP contribution in [-0.4, -0.2) is 19.7 Å². The highest BCUT2D eigenvalue weighted by atomic mass is 15.3. The van der Waals surface area contributed by atoms with E-state index in [1.165, 1.54) is 0 Å². The first-order valence-corrected chi connectivity index (χ1v) is 5.39. The van der Waals surface area contributed by atoms with Crippen molar-refractivity contribution >= 4 is 5.82 Å². The SMILES string of the molecule is Cn1ccc(-c2nc(N)c3c(n2)CCC3)n1. The van der Waals surface area contributed by atoms with E-state index >= 15 is 0 Å². The van der Waals surface area contributed by atoms with Gasteiger partial charge < -0.3 is 5.73 Å². The average molecular weight is 215 g/mol. The summed E-state index contributed by atoms with van der Waals surface area (Å²) in [5.41, 5.74) is 8.93. The Kier molecular flexibility index (Phi) is 1.92. The van der Waals surface area contributed by atoms with Crippen molar-refractivity contribution in [3.05, 3.63) is 23.5 Å². The molecular weight excluding hydrogens is 202 g/mol. The summed E-state index contributed by atoms with van der Waals surface area (Å²) >= 11 is 0. The zero-order valence-electron chi connectivity index (χ0n) is 9.14. The van der Waals surface area contributed by atoms with Gasteiger partial charge in [0.1, 0.15) is 11.5 Å². The lowest BCUT2D eigenvalue weighted by atomic mass is 10.2. The maximum atomic E-state index is 5.93. The molecule has 16 heavy (non-hydrogen) atoms. The molecule has 5 heteroatoms. The molecular formula is C11H13N5. The van der Waals surface area contributed by atoms with E-state index in [1.807, 2.05) is 19.3 Å². The van der Waals surface area contributed by atoms with Crippen molar-refractivity contribution in [2.24, 2.45) is 7.05 Å². The third-order valence-electron chi connectivity index (χ3n) is 2.91. The van der Waals surface area contributed by atoms with E-state index in [1.54, 1.807) is 4.68 Å². The van der Waals surface area contributed by atoms with Crippen LogP contribution in [0.5, 0.6) is 0 Å². The molecule has 1 aliphatic carbocycles. The van der Waals surface area contributed by atoms with E-state index in [0.717, 1.165) is 36.2 Å². The third-order valence-corrected chi connectivity index (χ3v) is 2.91. The van der Waals surface area contributed by atoms with Crippen molar-refractivity contribution in [2.75, 3.05) is 5.73 Å². The first kappa shape index (κ1) is 9.33. The van der Waals surface area contributed by atoms with Gasteiger partial charge in [-0.05, 0) is 25.3 Å². The molecule has 0 radical (unpaired) electrons. The van der Waals surface area contributed by atoms with Crippen LogP contribution in [-0.2, 0) is 19.9 Å². The second-order valence-electron chi connectivity index (χ2n) is 4.09. The van der Waals surface area contributed by atoms with Crippen LogP contribution in [0.1, 0.15) is 17.7 Å². The fourth-order valence-electron chi connectivity index (χ4n) is 2.11. The lowest BCUT2D eigenvalue weighted by molar-refractivity contribution is 0.768. The number of rotatable bonds is 1. The Hall–Kier alpha value is -1.91. The molecule has 2 aromatic heterocycles. The van der Waals surface area contributed by atoms with E-state index in [2.05, 4.69) is 15.1 Å². The van der Waals surface area contributed by atoms with Crippen LogP contribution in [0.2, 0.25) is 0 Å². The molecule has 0 aliphatic heterocycles. The molecule has 82 valence electrons. The molecule has 0 saturated carbocycles. The van der Waals surface area contributed by atoms with Gasteiger partial charge in [-0.25, -0.2) is 9.97 Å². The predicted molar refractivity (Wildman–Crippen MR) is 60.7 cm³/mol. The van der Waals surface area contributed by atoms with Crippen LogP contribution in [0.4, 0.5) is 5.82 Å². The summed E-state index contributed by atoms with van der Waals surface area (Å²) in [7, 11) is 1.88. The van der Waals surface area contributed by atoms with E-state index in [9.17, 15) is 0 Å². The number of nitrogens with two attached hydrogens (primary N) is 1. The Morgan fingerprint density at radius 2 is 2.19 bits per heavy atom. The van der Waals surface area contributed by atoms with Gasteiger partial charge in [0.15, 0.2) is 5.82 Å². The minimum absolute atomic E-state index is 0.614. The van der Waals surface area contributed by atoms with Gasteiger partial charge in [0.05, 0.1) is 0 Å². The Bertz CT molecular complexity index is 543. The number of anilines is 1. The molecule has 2 aromatic rings. The molecule has 0 saturated heterocycles. The monoisotopic (exact) mass is 215 g/mol. The molecule has 1 aliphatic rings. The van der Waals surface area contributed by atoms with Crippen LogP contribution in [0, 0.1) is 0 Å². The largest absolute Gasteiger partial charge is 0.383 e. The van der Waals surface area contributed by atoms with Crippen molar-refractivity contribution in [1.29, 1.82) is 0 Å². The molecule has 0 bridgehead atoms. The van der Waals surface area contributed by atoms with Crippen LogP contribution in [0.3, 0.4) is 0 Å². The van der Waals surface area contributed by atoms with Crippen molar-refractivity contribution in [3.8, 4) is 11.5 Å². The molecule has 3 rings (SSSR count). The van der Waals surface area contributed by atoms with Crippen LogP contribution in [0.25, 0.3) is 11.5 Å². The summed E-state index contributed by atoms with van der Waals surface area (Å²) in [6, 6.07) is 1.90. The summed E-state index contributed by atoms with van der Waals surface area (Å²) in [6.07, 6.45) is 5.01. The third kappa shape index (κ3) is 1.36. The van der Waals surface area contributed by atoms with Gasteiger partial charge in [-0.1, -0.05) is 0 Å². The highest BCUT2D eigenvalue weighted by Gasteiger charge is 2.18. The van der Waals surface area contributed by atoms with Gasteiger partial charge in [0.2, 0.25) is 0 Å². The molecule has 0 unspecified atom stereocenters. The number of nitrogens with zero attached hydrogens (tertiary/aromatic N) is 4. The van der Waals surface area contributed by atoms with E-state index in [0.29, 0.717) is 11.6 Å². The van der Waals surface area contributed by atoms with Crippen LogP contribution < -0.4 is 5.73 Å². The summed E-state index contributed by atoms with van der Waals surface area (Å²) in [6.45, 7) is 0. The van der Waals surface area contributed by atoms with Gasteiger partial charge in [0.25, 0.3) is 0 Å². The van der Waals surface area contributed by atoms with Gasteiger partial charge in [-0.2, -0.15) is 5.10 Å². The summed E-state index contributed by atoms with van der Waals surface area (Å²) in [5.74, 6) is 1.25. The minimum atomic E-state index is 0.614. The second-order valence-corrected chi connectivity index (χ2v) is 4.09. The van der Waals surface area contributed by atoms with Gasteiger partial charge >= 0.3 is 0 Å². The number of hydrogen-bond donors (Lipinski definition) is 1. The van der Waals surface area contributed by atoms with Gasteiger partial charge in [-0.15, -0.1) is 0 Å². The molecule has 0 fully saturated rings. The van der Waals surface area contributed by atoms with E-state index in [-0.39, 0.29) is 0 Å². The molecule has 0 amide bonds. The topological polar surface area (TPSA) is 69.6 Å². The highest BCUT2D eigenvalue weighted by Crippen LogP contribution is 2.26. The summed E-state index contributed by atoms with van der Waals surface area (Å²) in [5, 5.41) is 4.28. The maximum absolute atomic E-state index is 5.93. The number of aromatic nitrogens is 4. The first-order chi connectivity index (χ1) is 7.74. The maximum Gasteiger partial charge on any atom is 0.182 e. The Morgan fingerprint density at radius 1 is 1.31 bits per heavy atom. The smallest absolute Gasteiger partial charge is 0.182 e. The van der Waals surface area contributed by atoms with Crippen molar-refractivity contribution < 1.29 is 0 Å². The molecule has 0 atom stereocenters. The van der Waals surface area contributed by atoms with E-state index < -0.39 is 0 Å². The quantitative estimate of drug-likeness (QED) is 0.768. The normalized spacial score (nSPS) is 14.1. The van der Waals surface area contributed by atoms with Crippen LogP contribution >= 0.6 is 0 Å². The van der Waals surface area contributed by atoms with Crippen molar-refractivity contribution in [1.82, 2.24) is 19.7 Å².